The van der Waals surface area contributed by atoms with E-state index in [1.54, 1.807) is 0 Å². The van der Waals surface area contributed by atoms with Gasteiger partial charge in [0, 0.05) is 44.2 Å². The molecule has 0 aliphatic carbocycles. The van der Waals surface area contributed by atoms with Crippen LogP contribution in [0.5, 0.6) is 23.0 Å². The zero-order valence-corrected chi connectivity index (χ0v) is 44.3. The summed E-state index contributed by atoms with van der Waals surface area (Å²) in [5, 5.41) is 5.33. The van der Waals surface area contributed by atoms with Gasteiger partial charge in [-0.05, 0) is 116 Å². The van der Waals surface area contributed by atoms with Gasteiger partial charge in [-0.15, -0.1) is 0 Å². The van der Waals surface area contributed by atoms with Crippen molar-refractivity contribution in [2.75, 3.05) is 0 Å². The van der Waals surface area contributed by atoms with Gasteiger partial charge in [-0.2, -0.15) is 0 Å². The molecule has 3 heteroatoms. The number of fused-ring (bicyclic) bond motifs is 4. The lowest BCUT2D eigenvalue weighted by atomic mass is 9.73. The molecule has 0 saturated heterocycles. The molecule has 8 aromatic carbocycles. The van der Waals surface area contributed by atoms with Crippen molar-refractivity contribution in [2.24, 2.45) is 0 Å². The van der Waals surface area contributed by atoms with Gasteiger partial charge in [0.2, 0.25) is 0 Å². The Hall–Kier alpha value is -6.42. The summed E-state index contributed by atoms with van der Waals surface area (Å²) in [7, 11) is -3.17. The Morgan fingerprint density at radius 2 is 0.739 bits per heavy atom. The van der Waals surface area contributed by atoms with Gasteiger partial charge in [-0.3, -0.25) is 0 Å². The lowest BCUT2D eigenvalue weighted by Crippen LogP contribution is -2.74. The summed E-state index contributed by atoms with van der Waals surface area (Å²) in [6.07, 6.45) is 0. The first-order valence-electron chi connectivity index (χ1n) is 24.9. The van der Waals surface area contributed by atoms with E-state index in [1.165, 1.54) is 98.6 Å². The predicted molar refractivity (Wildman–Crippen MR) is 295 cm³/mol. The average Bonchev–Trinajstić information content (AvgIpc) is 3.29. The second kappa shape index (κ2) is 16.3. The smallest absolute Gasteiger partial charge is 0.179 e. The number of aryl methyl sites for hydroxylation is 4. The summed E-state index contributed by atoms with van der Waals surface area (Å²) in [5.74, 6) is 3.82. The SMILES string of the molecule is Cc1ccc2c(c1)Oc1c(ccc(C)c1-c1cc([Si](c3ccccc3)(c3ccccc3)c3ccc(C(C)(C)C)c(-c4c(C)ccc5c4Oc4cc(C)ccc4C5(C)C)c3)ccc1C(C)(C)C)C2(C)C. The maximum atomic E-state index is 7.22. The van der Waals surface area contributed by atoms with Crippen LogP contribution in [0.1, 0.15) is 125 Å². The molecule has 2 heterocycles. The van der Waals surface area contributed by atoms with Crippen molar-refractivity contribution < 1.29 is 9.47 Å². The van der Waals surface area contributed by atoms with Crippen molar-refractivity contribution in [3.63, 3.8) is 0 Å². The van der Waals surface area contributed by atoms with Gasteiger partial charge < -0.3 is 9.47 Å². The number of hydrogen-bond donors (Lipinski definition) is 0. The van der Waals surface area contributed by atoms with E-state index < -0.39 is 8.07 Å². The van der Waals surface area contributed by atoms with Crippen molar-refractivity contribution in [3.8, 4) is 45.3 Å². The maximum absolute atomic E-state index is 7.22. The molecule has 2 aliphatic rings. The van der Waals surface area contributed by atoms with Crippen LogP contribution < -0.4 is 30.2 Å². The first-order chi connectivity index (χ1) is 32.6. The topological polar surface area (TPSA) is 18.5 Å². The average molecular weight is 921 g/mol. The van der Waals surface area contributed by atoms with Crippen LogP contribution in [0, 0.1) is 27.7 Å². The second-order valence-corrected chi connectivity index (χ2v) is 27.0. The van der Waals surface area contributed by atoms with Gasteiger partial charge in [-0.25, -0.2) is 0 Å². The summed E-state index contributed by atoms with van der Waals surface area (Å²) in [6.45, 7) is 32.3. The van der Waals surface area contributed by atoms with Crippen molar-refractivity contribution in [1.82, 2.24) is 0 Å². The van der Waals surface area contributed by atoms with Gasteiger partial charge >= 0.3 is 0 Å². The zero-order valence-electron chi connectivity index (χ0n) is 43.3. The van der Waals surface area contributed by atoms with E-state index in [-0.39, 0.29) is 21.7 Å². The summed E-state index contributed by atoms with van der Waals surface area (Å²) < 4.78 is 14.4. The minimum atomic E-state index is -3.17. The summed E-state index contributed by atoms with van der Waals surface area (Å²) in [4.78, 5) is 0. The van der Waals surface area contributed by atoms with Crippen molar-refractivity contribution in [1.29, 1.82) is 0 Å². The molecule has 0 N–H and O–H groups in total. The van der Waals surface area contributed by atoms with E-state index in [0.717, 1.165) is 23.0 Å². The zero-order chi connectivity index (χ0) is 49.0. The van der Waals surface area contributed by atoms with Crippen LogP contribution in [0.2, 0.25) is 0 Å². The molecule has 10 rings (SSSR count). The minimum absolute atomic E-state index is 0.165. The fraction of sp³-hybridized carbons (Fsp3) is 0.273. The van der Waals surface area contributed by atoms with Gasteiger partial charge in [0.05, 0.1) is 0 Å². The first-order valence-corrected chi connectivity index (χ1v) is 26.9. The number of rotatable bonds is 6. The Bertz CT molecular complexity index is 3100. The molecule has 0 bridgehead atoms. The Morgan fingerprint density at radius 1 is 0.377 bits per heavy atom. The van der Waals surface area contributed by atoms with E-state index in [4.69, 9.17) is 9.47 Å². The van der Waals surface area contributed by atoms with Crippen molar-refractivity contribution >= 4 is 28.8 Å². The molecule has 0 aromatic heterocycles. The Morgan fingerprint density at radius 3 is 1.10 bits per heavy atom. The monoisotopic (exact) mass is 920 g/mol. The van der Waals surface area contributed by atoms with Crippen LogP contribution in [0.3, 0.4) is 0 Å². The van der Waals surface area contributed by atoms with Crippen LogP contribution in [-0.2, 0) is 21.7 Å². The third-order valence-electron chi connectivity index (χ3n) is 15.6. The van der Waals surface area contributed by atoms with Crippen molar-refractivity contribution in [2.45, 2.75) is 119 Å². The maximum Gasteiger partial charge on any atom is 0.179 e. The Labute approximate surface area is 413 Å². The van der Waals surface area contributed by atoms with Gasteiger partial charge in [0.15, 0.2) is 8.07 Å². The molecular weight excluding hydrogens is 853 g/mol. The molecule has 0 saturated carbocycles. The minimum Gasteiger partial charge on any atom is -0.456 e. The van der Waals surface area contributed by atoms with E-state index in [2.05, 4.69) is 255 Å². The van der Waals surface area contributed by atoms with Crippen molar-refractivity contribution in [3.05, 3.63) is 213 Å². The number of hydrogen-bond acceptors (Lipinski definition) is 2. The third kappa shape index (κ3) is 7.42. The standard InChI is InChI=1S/C66H68O2Si/c1-41-25-31-53-57(37-41)67-61-55(65(53,11)12)33-27-43(3)59(61)49-39-47(29-35-51(49)63(5,6)7)69(45-21-17-15-18-22-45,46-23-19-16-20-24-46)48-30-36-52(64(8,9)10)50(40-48)60-44(4)28-34-56-62(60)68-58-38-42(2)26-32-54(58)66(56,13)14/h15-40H,1-14H3. The summed E-state index contributed by atoms with van der Waals surface area (Å²) in [5.41, 5.74) is 16.2. The third-order valence-corrected chi connectivity index (χ3v) is 20.3. The molecule has 0 spiro atoms. The lowest BCUT2D eigenvalue weighted by Gasteiger charge is -2.39. The van der Waals surface area contributed by atoms with Crippen LogP contribution in [0.4, 0.5) is 0 Å². The molecule has 0 fully saturated rings. The molecule has 0 radical (unpaired) electrons. The predicted octanol–water partition coefficient (Wildman–Crippen LogP) is 15.1. The Kier molecular flexibility index (Phi) is 11.0. The highest BCUT2D eigenvalue weighted by atomic mass is 28.3. The quantitative estimate of drug-likeness (QED) is 0.122. The summed E-state index contributed by atoms with van der Waals surface area (Å²) >= 11 is 0. The molecule has 0 amide bonds. The molecule has 69 heavy (non-hydrogen) atoms. The molecule has 0 atom stereocenters. The van der Waals surface area contributed by atoms with E-state index >= 15 is 0 Å². The van der Waals surface area contributed by atoms with Gasteiger partial charge in [0.25, 0.3) is 0 Å². The molecular formula is C66H68O2Si. The van der Waals surface area contributed by atoms with Crippen LogP contribution in [0.15, 0.2) is 158 Å². The molecule has 0 unspecified atom stereocenters. The first kappa shape index (κ1) is 46.3. The van der Waals surface area contributed by atoms with Crippen LogP contribution >= 0.6 is 0 Å². The highest BCUT2D eigenvalue weighted by Gasteiger charge is 2.45. The summed E-state index contributed by atoms with van der Waals surface area (Å²) in [6, 6.07) is 60.4. The molecule has 2 nitrogen and oxygen atoms in total. The largest absolute Gasteiger partial charge is 0.456 e. The van der Waals surface area contributed by atoms with Crippen LogP contribution in [-0.4, -0.2) is 8.07 Å². The normalized spacial score (nSPS) is 14.7. The van der Waals surface area contributed by atoms with Gasteiger partial charge in [0.1, 0.15) is 23.0 Å². The van der Waals surface area contributed by atoms with E-state index in [0.29, 0.717) is 0 Å². The highest BCUT2D eigenvalue weighted by Crippen LogP contribution is 2.55. The number of benzene rings is 8. The fourth-order valence-corrected chi connectivity index (χ4v) is 16.6. The van der Waals surface area contributed by atoms with E-state index in [9.17, 15) is 0 Å². The van der Waals surface area contributed by atoms with Gasteiger partial charge in [-0.1, -0.05) is 215 Å². The second-order valence-electron chi connectivity index (χ2n) is 23.2. The molecule has 2 aliphatic heterocycles. The fourth-order valence-electron chi connectivity index (χ4n) is 11.9. The molecule has 348 valence electrons. The Balaban J connectivity index is 1.31. The van der Waals surface area contributed by atoms with E-state index in [1.807, 2.05) is 0 Å². The van der Waals surface area contributed by atoms with Crippen LogP contribution in [0.25, 0.3) is 22.3 Å². The lowest BCUT2D eigenvalue weighted by molar-refractivity contribution is 0.418. The number of ether oxygens (including phenoxy) is 2. The highest BCUT2D eigenvalue weighted by molar-refractivity contribution is 7.20. The molecule has 8 aromatic rings.